The van der Waals surface area contributed by atoms with Crippen molar-refractivity contribution in [2.45, 2.75) is 19.3 Å². The van der Waals surface area contributed by atoms with Crippen LogP contribution >= 0.6 is 0 Å². The van der Waals surface area contributed by atoms with Crippen LogP contribution in [0.1, 0.15) is 28.8 Å². The SMILES string of the molecule is O=C(OCC(=O)N1CCC(Cc2ccccc2)CC1)c1ccc(-n2cncn2)cc1. The van der Waals surface area contributed by atoms with Gasteiger partial charge in [0.05, 0.1) is 11.3 Å². The minimum absolute atomic E-state index is 0.138. The molecular formula is C23H24N4O3. The molecule has 0 bridgehead atoms. The zero-order chi connectivity index (χ0) is 20.8. The summed E-state index contributed by atoms with van der Waals surface area (Å²) >= 11 is 0. The van der Waals surface area contributed by atoms with Crippen LogP contribution in [0.15, 0.2) is 67.3 Å². The summed E-state index contributed by atoms with van der Waals surface area (Å²) in [5.74, 6) is -0.0595. The highest BCUT2D eigenvalue weighted by molar-refractivity contribution is 5.91. The molecule has 1 amide bonds. The van der Waals surface area contributed by atoms with E-state index in [2.05, 4.69) is 34.3 Å². The fourth-order valence-corrected chi connectivity index (χ4v) is 3.73. The van der Waals surface area contributed by atoms with E-state index in [1.807, 2.05) is 6.07 Å². The first-order valence-electron chi connectivity index (χ1n) is 10.1. The van der Waals surface area contributed by atoms with E-state index in [0.717, 1.165) is 24.9 Å². The molecule has 1 aliphatic rings. The maximum atomic E-state index is 12.4. The molecule has 1 saturated heterocycles. The van der Waals surface area contributed by atoms with Crippen LogP contribution in [0.4, 0.5) is 0 Å². The topological polar surface area (TPSA) is 77.3 Å². The molecule has 0 radical (unpaired) electrons. The normalized spacial score (nSPS) is 14.5. The fourth-order valence-electron chi connectivity index (χ4n) is 3.73. The van der Waals surface area contributed by atoms with Crippen LogP contribution in [0.25, 0.3) is 5.69 Å². The van der Waals surface area contributed by atoms with Gasteiger partial charge in [-0.25, -0.2) is 14.5 Å². The third-order valence-electron chi connectivity index (χ3n) is 5.45. The van der Waals surface area contributed by atoms with Crippen LogP contribution in [0, 0.1) is 5.92 Å². The van der Waals surface area contributed by atoms with Crippen molar-refractivity contribution < 1.29 is 14.3 Å². The smallest absolute Gasteiger partial charge is 0.338 e. The summed E-state index contributed by atoms with van der Waals surface area (Å²) in [4.78, 5) is 30.4. The number of hydrogen-bond acceptors (Lipinski definition) is 5. The molecule has 0 spiro atoms. The molecule has 2 heterocycles. The first-order valence-corrected chi connectivity index (χ1v) is 10.1. The highest BCUT2D eigenvalue weighted by atomic mass is 16.5. The van der Waals surface area contributed by atoms with Gasteiger partial charge in [0.15, 0.2) is 6.61 Å². The number of esters is 1. The molecule has 1 aliphatic heterocycles. The quantitative estimate of drug-likeness (QED) is 0.591. The Bertz CT molecular complexity index is 963. The van der Waals surface area contributed by atoms with Crippen molar-refractivity contribution in [3.63, 3.8) is 0 Å². The summed E-state index contributed by atoms with van der Waals surface area (Å²) in [6.45, 7) is 1.19. The minimum Gasteiger partial charge on any atom is -0.452 e. The molecule has 7 heteroatoms. The Morgan fingerprint density at radius 1 is 1.00 bits per heavy atom. The van der Waals surface area contributed by atoms with Gasteiger partial charge in [-0.15, -0.1) is 0 Å². The molecule has 0 unspecified atom stereocenters. The van der Waals surface area contributed by atoms with Gasteiger partial charge in [-0.1, -0.05) is 30.3 Å². The lowest BCUT2D eigenvalue weighted by atomic mass is 9.90. The standard InChI is InChI=1S/C23H24N4O3/c28-22(26-12-10-19(11-13-26)14-18-4-2-1-3-5-18)15-30-23(29)20-6-8-21(9-7-20)27-17-24-16-25-27/h1-9,16-17,19H,10-15H2. The molecule has 3 aromatic rings. The Balaban J connectivity index is 1.22. The Morgan fingerprint density at radius 3 is 2.40 bits per heavy atom. The zero-order valence-corrected chi connectivity index (χ0v) is 16.7. The van der Waals surface area contributed by atoms with E-state index < -0.39 is 5.97 Å². The molecule has 1 fully saturated rings. The number of aromatic nitrogens is 3. The number of rotatable bonds is 6. The summed E-state index contributed by atoms with van der Waals surface area (Å²) in [6, 6.07) is 17.3. The Kier molecular flexibility index (Phi) is 6.17. The van der Waals surface area contributed by atoms with Gasteiger partial charge in [0.1, 0.15) is 12.7 Å². The van der Waals surface area contributed by atoms with Crippen LogP contribution in [-0.2, 0) is 16.0 Å². The second kappa shape index (κ2) is 9.35. The fraction of sp³-hybridized carbons (Fsp3) is 0.304. The van der Waals surface area contributed by atoms with E-state index in [4.69, 9.17) is 4.74 Å². The summed E-state index contributed by atoms with van der Waals surface area (Å²) in [5, 5.41) is 4.04. The number of nitrogens with zero attached hydrogens (tertiary/aromatic N) is 4. The van der Waals surface area contributed by atoms with Gasteiger partial charge in [0.2, 0.25) is 0 Å². The average Bonchev–Trinajstić information content (AvgIpc) is 3.34. The molecule has 154 valence electrons. The third kappa shape index (κ3) is 4.92. The van der Waals surface area contributed by atoms with Crippen LogP contribution in [-0.4, -0.2) is 51.2 Å². The molecule has 0 N–H and O–H groups in total. The molecule has 0 saturated carbocycles. The molecule has 1 aromatic heterocycles. The highest BCUT2D eigenvalue weighted by Gasteiger charge is 2.23. The summed E-state index contributed by atoms with van der Waals surface area (Å²) < 4.78 is 6.83. The number of carbonyl (C=O) groups excluding carboxylic acids is 2. The monoisotopic (exact) mass is 404 g/mol. The van der Waals surface area contributed by atoms with Crippen molar-refractivity contribution in [3.05, 3.63) is 78.4 Å². The van der Waals surface area contributed by atoms with Crippen molar-refractivity contribution in [3.8, 4) is 5.69 Å². The first kappa shape index (κ1) is 19.8. The van der Waals surface area contributed by atoms with E-state index in [-0.39, 0.29) is 12.5 Å². The molecular weight excluding hydrogens is 380 g/mol. The largest absolute Gasteiger partial charge is 0.452 e. The van der Waals surface area contributed by atoms with Crippen LogP contribution in [0.2, 0.25) is 0 Å². The molecule has 7 nitrogen and oxygen atoms in total. The number of amides is 1. The first-order chi connectivity index (χ1) is 14.7. The van der Waals surface area contributed by atoms with Gasteiger partial charge in [-0.2, -0.15) is 5.10 Å². The van der Waals surface area contributed by atoms with Gasteiger partial charge in [-0.05, 0) is 55.0 Å². The molecule has 0 atom stereocenters. The van der Waals surface area contributed by atoms with E-state index >= 15 is 0 Å². The molecule has 30 heavy (non-hydrogen) atoms. The van der Waals surface area contributed by atoms with Crippen molar-refractivity contribution in [2.24, 2.45) is 5.92 Å². The predicted molar refractivity (Wildman–Crippen MR) is 111 cm³/mol. The summed E-state index contributed by atoms with van der Waals surface area (Å²) in [5.41, 5.74) is 2.53. The zero-order valence-electron chi connectivity index (χ0n) is 16.7. The number of hydrogen-bond donors (Lipinski definition) is 0. The van der Waals surface area contributed by atoms with Crippen LogP contribution < -0.4 is 0 Å². The third-order valence-corrected chi connectivity index (χ3v) is 5.45. The van der Waals surface area contributed by atoms with Crippen molar-refractivity contribution >= 4 is 11.9 Å². The summed E-state index contributed by atoms with van der Waals surface area (Å²) in [6.07, 6.45) is 6.01. The highest BCUT2D eigenvalue weighted by Crippen LogP contribution is 2.21. The predicted octanol–water partition coefficient (Wildman–Crippen LogP) is 2.91. The summed E-state index contributed by atoms with van der Waals surface area (Å²) in [7, 11) is 0. The number of piperidine rings is 1. The molecule has 4 rings (SSSR count). The lowest BCUT2D eigenvalue weighted by molar-refractivity contribution is -0.135. The lowest BCUT2D eigenvalue weighted by Crippen LogP contribution is -2.41. The van der Waals surface area contributed by atoms with Crippen LogP contribution in [0.3, 0.4) is 0 Å². The number of benzene rings is 2. The van der Waals surface area contributed by atoms with E-state index in [1.54, 1.807) is 40.2 Å². The van der Waals surface area contributed by atoms with E-state index in [1.165, 1.54) is 11.9 Å². The van der Waals surface area contributed by atoms with E-state index in [9.17, 15) is 9.59 Å². The second-order valence-corrected chi connectivity index (χ2v) is 7.48. The second-order valence-electron chi connectivity index (χ2n) is 7.48. The number of likely N-dealkylation sites (tertiary alicyclic amines) is 1. The maximum Gasteiger partial charge on any atom is 0.338 e. The Labute approximate surface area is 175 Å². The van der Waals surface area contributed by atoms with Gasteiger partial charge < -0.3 is 9.64 Å². The minimum atomic E-state index is -0.507. The average molecular weight is 404 g/mol. The Morgan fingerprint density at radius 2 is 1.73 bits per heavy atom. The molecule has 2 aromatic carbocycles. The maximum absolute atomic E-state index is 12.4. The van der Waals surface area contributed by atoms with Crippen molar-refractivity contribution in [1.82, 2.24) is 19.7 Å². The van der Waals surface area contributed by atoms with E-state index in [0.29, 0.717) is 24.6 Å². The van der Waals surface area contributed by atoms with Crippen molar-refractivity contribution in [1.29, 1.82) is 0 Å². The number of carbonyl (C=O) groups is 2. The van der Waals surface area contributed by atoms with Gasteiger partial charge in [0, 0.05) is 13.1 Å². The number of ether oxygens (including phenoxy) is 1. The Hall–Kier alpha value is -3.48. The van der Waals surface area contributed by atoms with Crippen LogP contribution in [0.5, 0.6) is 0 Å². The molecule has 0 aliphatic carbocycles. The van der Waals surface area contributed by atoms with Gasteiger partial charge >= 0.3 is 5.97 Å². The van der Waals surface area contributed by atoms with Gasteiger partial charge in [0.25, 0.3) is 5.91 Å². The van der Waals surface area contributed by atoms with Gasteiger partial charge in [-0.3, -0.25) is 4.79 Å². The van der Waals surface area contributed by atoms with Crippen molar-refractivity contribution in [2.75, 3.05) is 19.7 Å². The lowest BCUT2D eigenvalue weighted by Gasteiger charge is -2.32.